The maximum atomic E-state index is 11.3. The molecular weight excluding hydrogens is 256 g/mol. The molecule has 0 fully saturated rings. The van der Waals surface area contributed by atoms with Gasteiger partial charge in [0.15, 0.2) is 12.4 Å². The molecule has 0 unspecified atom stereocenters. The van der Waals surface area contributed by atoms with Gasteiger partial charge in [0.1, 0.15) is 0 Å². The van der Waals surface area contributed by atoms with E-state index >= 15 is 0 Å². The van der Waals surface area contributed by atoms with E-state index in [0.29, 0.717) is 6.61 Å². The molecular formula is C11H14N2O6. The Bertz CT molecular complexity index is 437. The Morgan fingerprint density at radius 1 is 1.37 bits per heavy atom. The average Bonchev–Trinajstić information content (AvgIpc) is 2.41. The fourth-order valence-corrected chi connectivity index (χ4v) is 1.16. The Morgan fingerprint density at radius 3 is 2.79 bits per heavy atom. The van der Waals surface area contributed by atoms with Gasteiger partial charge >= 0.3 is 5.69 Å². The number of rotatable bonds is 8. The molecule has 0 radical (unpaired) electrons. The summed E-state index contributed by atoms with van der Waals surface area (Å²) in [7, 11) is 1.50. The zero-order chi connectivity index (χ0) is 14.1. The van der Waals surface area contributed by atoms with Gasteiger partial charge in [-0.2, -0.15) is 0 Å². The first kappa shape index (κ1) is 14.9. The van der Waals surface area contributed by atoms with Gasteiger partial charge in [-0.05, 0) is 6.07 Å². The van der Waals surface area contributed by atoms with Gasteiger partial charge in [0.2, 0.25) is 0 Å². The molecule has 0 atom stereocenters. The van der Waals surface area contributed by atoms with Crippen molar-refractivity contribution in [3.63, 3.8) is 0 Å². The van der Waals surface area contributed by atoms with Crippen LogP contribution in [0.15, 0.2) is 24.3 Å². The van der Waals surface area contributed by atoms with Gasteiger partial charge in [-0.3, -0.25) is 19.7 Å². The summed E-state index contributed by atoms with van der Waals surface area (Å²) in [6.07, 6.45) is 0. The second-order valence-electron chi connectivity index (χ2n) is 3.38. The van der Waals surface area contributed by atoms with Crippen LogP contribution in [-0.4, -0.2) is 37.8 Å². The highest BCUT2D eigenvalue weighted by atomic mass is 16.7. The molecule has 104 valence electrons. The predicted molar refractivity (Wildman–Crippen MR) is 64.6 cm³/mol. The molecule has 8 nitrogen and oxygen atoms in total. The first-order valence-corrected chi connectivity index (χ1v) is 5.41. The van der Waals surface area contributed by atoms with Gasteiger partial charge in [-0.1, -0.05) is 12.1 Å². The molecule has 0 bridgehead atoms. The fourth-order valence-electron chi connectivity index (χ4n) is 1.16. The van der Waals surface area contributed by atoms with Crippen LogP contribution >= 0.6 is 0 Å². The molecule has 0 aliphatic carbocycles. The van der Waals surface area contributed by atoms with Crippen molar-refractivity contribution in [2.45, 2.75) is 0 Å². The molecule has 0 aliphatic heterocycles. The first-order chi connectivity index (χ1) is 9.15. The number of hydrogen-bond donors (Lipinski definition) is 1. The SMILES string of the molecule is COCCONC(=O)COc1ccccc1[N+](=O)[O-]. The van der Waals surface area contributed by atoms with Crippen molar-refractivity contribution >= 4 is 11.6 Å². The number of nitro benzene ring substituents is 1. The number of benzene rings is 1. The van der Waals surface area contributed by atoms with Crippen LogP contribution in [0.3, 0.4) is 0 Å². The van der Waals surface area contributed by atoms with Gasteiger partial charge in [0.05, 0.1) is 18.1 Å². The van der Waals surface area contributed by atoms with Crippen LogP contribution in [0.4, 0.5) is 5.69 Å². The Balaban J connectivity index is 2.40. The minimum Gasteiger partial charge on any atom is -0.477 e. The molecule has 0 aliphatic rings. The van der Waals surface area contributed by atoms with E-state index in [9.17, 15) is 14.9 Å². The van der Waals surface area contributed by atoms with E-state index in [-0.39, 0.29) is 24.7 Å². The number of hydrogen-bond acceptors (Lipinski definition) is 6. The highest BCUT2D eigenvalue weighted by Crippen LogP contribution is 2.25. The highest BCUT2D eigenvalue weighted by Gasteiger charge is 2.14. The summed E-state index contributed by atoms with van der Waals surface area (Å²) in [5.41, 5.74) is 1.92. The molecule has 8 heteroatoms. The van der Waals surface area contributed by atoms with E-state index in [1.807, 2.05) is 0 Å². The maximum Gasteiger partial charge on any atom is 0.310 e. The third-order valence-electron chi connectivity index (χ3n) is 2.00. The lowest BCUT2D eigenvalue weighted by atomic mass is 10.3. The van der Waals surface area contributed by atoms with Gasteiger partial charge in [0.25, 0.3) is 5.91 Å². The van der Waals surface area contributed by atoms with E-state index in [1.165, 1.54) is 25.3 Å². The summed E-state index contributed by atoms with van der Waals surface area (Å²) in [6, 6.07) is 5.80. The zero-order valence-electron chi connectivity index (χ0n) is 10.3. The van der Waals surface area contributed by atoms with Gasteiger partial charge in [-0.15, -0.1) is 0 Å². The van der Waals surface area contributed by atoms with Crippen LogP contribution in [0.25, 0.3) is 0 Å². The minimum absolute atomic E-state index is 0.0274. The van der Waals surface area contributed by atoms with E-state index in [2.05, 4.69) is 5.48 Å². The van der Waals surface area contributed by atoms with Crippen LogP contribution in [0.1, 0.15) is 0 Å². The van der Waals surface area contributed by atoms with Crippen molar-refractivity contribution in [1.82, 2.24) is 5.48 Å². The Hall–Kier alpha value is -2.19. The van der Waals surface area contributed by atoms with E-state index in [0.717, 1.165) is 0 Å². The van der Waals surface area contributed by atoms with Gasteiger partial charge < -0.3 is 9.47 Å². The number of amides is 1. The molecule has 1 N–H and O–H groups in total. The molecule has 1 rings (SSSR count). The molecule has 1 aromatic carbocycles. The number of ether oxygens (including phenoxy) is 2. The number of nitro groups is 1. The lowest BCUT2D eigenvalue weighted by Gasteiger charge is -2.07. The van der Waals surface area contributed by atoms with E-state index in [4.69, 9.17) is 14.3 Å². The molecule has 1 amide bonds. The number of methoxy groups -OCH3 is 1. The molecule has 0 spiro atoms. The van der Waals surface area contributed by atoms with Crippen molar-refractivity contribution in [2.24, 2.45) is 0 Å². The van der Waals surface area contributed by atoms with Crippen LogP contribution in [0.2, 0.25) is 0 Å². The topological polar surface area (TPSA) is 99.9 Å². The molecule has 0 heterocycles. The van der Waals surface area contributed by atoms with E-state index in [1.54, 1.807) is 6.07 Å². The smallest absolute Gasteiger partial charge is 0.310 e. The number of nitrogens with one attached hydrogen (secondary N) is 1. The molecule has 0 aromatic heterocycles. The summed E-state index contributed by atoms with van der Waals surface area (Å²) < 4.78 is 9.76. The van der Waals surface area contributed by atoms with Crippen molar-refractivity contribution in [3.05, 3.63) is 34.4 Å². The monoisotopic (exact) mass is 270 g/mol. The van der Waals surface area contributed by atoms with Crippen LogP contribution in [0, 0.1) is 10.1 Å². The van der Waals surface area contributed by atoms with Crippen LogP contribution in [-0.2, 0) is 14.4 Å². The number of carbonyl (C=O) groups excluding carboxylic acids is 1. The van der Waals surface area contributed by atoms with Crippen LogP contribution in [0.5, 0.6) is 5.75 Å². The Labute approximate surface area is 109 Å². The predicted octanol–water partition coefficient (Wildman–Crippen LogP) is 0.668. The van der Waals surface area contributed by atoms with Crippen molar-refractivity contribution in [1.29, 1.82) is 0 Å². The summed E-state index contributed by atoms with van der Waals surface area (Å²) in [6.45, 7) is 0.164. The molecule has 1 aromatic rings. The number of carbonyl (C=O) groups is 1. The third-order valence-corrected chi connectivity index (χ3v) is 2.00. The molecule has 19 heavy (non-hydrogen) atoms. The second kappa shape index (κ2) is 8.01. The average molecular weight is 270 g/mol. The van der Waals surface area contributed by atoms with Gasteiger partial charge in [-0.25, -0.2) is 5.48 Å². The highest BCUT2D eigenvalue weighted by molar-refractivity contribution is 5.76. The number of nitrogens with zero attached hydrogens (tertiary/aromatic N) is 1. The van der Waals surface area contributed by atoms with E-state index < -0.39 is 10.8 Å². The minimum atomic E-state index is -0.581. The quantitative estimate of drug-likeness (QED) is 0.423. The number of para-hydroxylation sites is 2. The molecule has 0 saturated carbocycles. The Kier molecular flexibility index (Phi) is 6.27. The van der Waals surface area contributed by atoms with Crippen molar-refractivity contribution < 1.29 is 24.0 Å². The third kappa shape index (κ3) is 5.32. The second-order valence-corrected chi connectivity index (χ2v) is 3.38. The summed E-state index contributed by atoms with van der Waals surface area (Å²) in [5.74, 6) is -0.520. The number of hydroxylamine groups is 1. The largest absolute Gasteiger partial charge is 0.477 e. The Morgan fingerprint density at radius 2 is 2.11 bits per heavy atom. The van der Waals surface area contributed by atoms with Gasteiger partial charge in [0, 0.05) is 13.2 Å². The summed E-state index contributed by atoms with van der Waals surface area (Å²) in [4.78, 5) is 26.2. The fraction of sp³-hybridized carbons (Fsp3) is 0.364. The normalized spacial score (nSPS) is 9.95. The van der Waals surface area contributed by atoms with Crippen molar-refractivity contribution in [2.75, 3.05) is 26.9 Å². The van der Waals surface area contributed by atoms with Crippen molar-refractivity contribution in [3.8, 4) is 5.75 Å². The lowest BCUT2D eigenvalue weighted by Crippen LogP contribution is -2.30. The zero-order valence-corrected chi connectivity index (χ0v) is 10.3. The molecule has 0 saturated heterocycles. The summed E-state index contributed by atoms with van der Waals surface area (Å²) >= 11 is 0. The first-order valence-electron chi connectivity index (χ1n) is 5.41. The summed E-state index contributed by atoms with van der Waals surface area (Å²) in [5, 5.41) is 10.7. The lowest BCUT2D eigenvalue weighted by molar-refractivity contribution is -0.385. The van der Waals surface area contributed by atoms with Crippen LogP contribution < -0.4 is 10.2 Å². The maximum absolute atomic E-state index is 11.3. The standard InChI is InChI=1S/C11H14N2O6/c1-17-6-7-19-12-11(14)8-18-10-5-3-2-4-9(10)13(15)16/h2-5H,6-8H2,1H3,(H,12,14).